The Labute approximate surface area is 172 Å². The predicted octanol–water partition coefficient (Wildman–Crippen LogP) is 3.50. The van der Waals surface area contributed by atoms with Gasteiger partial charge in [0.15, 0.2) is 5.11 Å². The number of nitrogens with one attached hydrogen (secondary N) is 1. The molecule has 0 atom stereocenters. The molecule has 0 bridgehead atoms. The minimum Gasteiger partial charge on any atom is -0.497 e. The van der Waals surface area contributed by atoms with Crippen molar-refractivity contribution in [1.29, 1.82) is 0 Å². The SMILES string of the molecule is COc1ccc(/C=C2\C(=O)NC(=S)N(c3cccc(Cl)c3C)C2=O)c(OC)c1. The fourth-order valence-electron chi connectivity index (χ4n) is 2.81. The Morgan fingerprint density at radius 2 is 1.89 bits per heavy atom. The highest BCUT2D eigenvalue weighted by molar-refractivity contribution is 7.80. The number of anilines is 1. The lowest BCUT2D eigenvalue weighted by Crippen LogP contribution is -2.54. The van der Waals surface area contributed by atoms with Crippen LogP contribution in [-0.2, 0) is 9.59 Å². The zero-order chi connectivity index (χ0) is 20.4. The third-order valence-corrected chi connectivity index (χ3v) is 5.02. The normalized spacial score (nSPS) is 15.6. The van der Waals surface area contributed by atoms with Gasteiger partial charge >= 0.3 is 0 Å². The van der Waals surface area contributed by atoms with Crippen molar-refractivity contribution >= 4 is 52.5 Å². The zero-order valence-corrected chi connectivity index (χ0v) is 17.0. The Morgan fingerprint density at radius 3 is 2.57 bits per heavy atom. The smallest absolute Gasteiger partial charge is 0.270 e. The average Bonchev–Trinajstić information content (AvgIpc) is 2.68. The van der Waals surface area contributed by atoms with Gasteiger partial charge in [-0.1, -0.05) is 17.7 Å². The predicted molar refractivity (Wildman–Crippen MR) is 112 cm³/mol. The van der Waals surface area contributed by atoms with Crippen LogP contribution >= 0.6 is 23.8 Å². The third kappa shape index (κ3) is 3.58. The molecule has 0 aliphatic carbocycles. The van der Waals surface area contributed by atoms with Gasteiger partial charge in [-0.05, 0) is 55.0 Å². The number of methoxy groups -OCH3 is 2. The fraction of sp³-hybridized carbons (Fsp3) is 0.150. The van der Waals surface area contributed by atoms with Crippen molar-refractivity contribution in [2.75, 3.05) is 19.1 Å². The molecule has 144 valence electrons. The Kier molecular flexibility index (Phi) is 5.67. The monoisotopic (exact) mass is 416 g/mol. The molecule has 1 saturated heterocycles. The zero-order valence-electron chi connectivity index (χ0n) is 15.4. The summed E-state index contributed by atoms with van der Waals surface area (Å²) >= 11 is 11.4. The van der Waals surface area contributed by atoms with Crippen molar-refractivity contribution in [1.82, 2.24) is 5.32 Å². The fourth-order valence-corrected chi connectivity index (χ4v) is 3.25. The first-order valence-corrected chi connectivity index (χ1v) is 9.04. The molecule has 2 aromatic rings. The van der Waals surface area contributed by atoms with Gasteiger partial charge in [-0.25, -0.2) is 0 Å². The van der Waals surface area contributed by atoms with Gasteiger partial charge in [0.25, 0.3) is 11.8 Å². The summed E-state index contributed by atoms with van der Waals surface area (Å²) in [6.45, 7) is 1.78. The molecule has 8 heteroatoms. The van der Waals surface area contributed by atoms with Gasteiger partial charge in [0.2, 0.25) is 0 Å². The molecular weight excluding hydrogens is 400 g/mol. The van der Waals surface area contributed by atoms with Gasteiger partial charge < -0.3 is 9.47 Å². The van der Waals surface area contributed by atoms with Crippen LogP contribution in [0.2, 0.25) is 5.02 Å². The minimum atomic E-state index is -0.580. The summed E-state index contributed by atoms with van der Waals surface area (Å²) in [5.41, 5.74) is 1.67. The molecule has 2 amide bonds. The summed E-state index contributed by atoms with van der Waals surface area (Å²) in [7, 11) is 3.04. The molecule has 1 heterocycles. The number of carbonyl (C=O) groups excluding carboxylic acids is 2. The highest BCUT2D eigenvalue weighted by Crippen LogP contribution is 2.31. The van der Waals surface area contributed by atoms with E-state index in [2.05, 4.69) is 5.32 Å². The first-order valence-electron chi connectivity index (χ1n) is 8.26. The lowest BCUT2D eigenvalue weighted by atomic mass is 10.0. The van der Waals surface area contributed by atoms with Crippen molar-refractivity contribution in [2.45, 2.75) is 6.92 Å². The van der Waals surface area contributed by atoms with Crippen LogP contribution in [-0.4, -0.2) is 31.1 Å². The van der Waals surface area contributed by atoms with Crippen molar-refractivity contribution < 1.29 is 19.1 Å². The van der Waals surface area contributed by atoms with Crippen LogP contribution in [0.5, 0.6) is 11.5 Å². The number of hydrogen-bond donors (Lipinski definition) is 1. The number of thiocarbonyl (C=S) groups is 1. The highest BCUT2D eigenvalue weighted by atomic mass is 35.5. The maximum absolute atomic E-state index is 13.1. The number of ether oxygens (including phenoxy) is 2. The van der Waals surface area contributed by atoms with E-state index in [0.29, 0.717) is 33.3 Å². The van der Waals surface area contributed by atoms with E-state index in [-0.39, 0.29) is 10.7 Å². The van der Waals surface area contributed by atoms with E-state index in [9.17, 15) is 9.59 Å². The number of hydrogen-bond acceptors (Lipinski definition) is 5. The molecule has 1 aliphatic rings. The van der Waals surface area contributed by atoms with E-state index >= 15 is 0 Å². The average molecular weight is 417 g/mol. The lowest BCUT2D eigenvalue weighted by molar-refractivity contribution is -0.122. The van der Waals surface area contributed by atoms with E-state index < -0.39 is 11.8 Å². The quantitative estimate of drug-likeness (QED) is 0.469. The number of amides is 2. The van der Waals surface area contributed by atoms with Crippen LogP contribution in [0.1, 0.15) is 11.1 Å². The second-order valence-corrected chi connectivity index (χ2v) is 6.74. The Balaban J connectivity index is 2.08. The molecule has 1 N–H and O–H groups in total. The summed E-state index contributed by atoms with van der Waals surface area (Å²) < 4.78 is 10.5. The summed E-state index contributed by atoms with van der Waals surface area (Å²) in [5, 5.41) is 3.05. The van der Waals surface area contributed by atoms with Gasteiger partial charge in [-0.15, -0.1) is 0 Å². The van der Waals surface area contributed by atoms with Crippen molar-refractivity contribution in [3.05, 3.63) is 58.1 Å². The molecule has 2 aromatic carbocycles. The van der Waals surface area contributed by atoms with Gasteiger partial charge in [0, 0.05) is 16.7 Å². The van der Waals surface area contributed by atoms with Crippen LogP contribution in [0.4, 0.5) is 5.69 Å². The van der Waals surface area contributed by atoms with Gasteiger partial charge in [-0.2, -0.15) is 0 Å². The largest absolute Gasteiger partial charge is 0.497 e. The molecular formula is C20H17ClN2O4S. The topological polar surface area (TPSA) is 67.9 Å². The lowest BCUT2D eigenvalue weighted by Gasteiger charge is -2.30. The number of rotatable bonds is 4. The molecule has 3 rings (SSSR count). The standard InChI is InChI=1S/C20H17ClN2O4S/c1-11-15(21)5-4-6-16(11)23-19(25)14(18(24)22-20(23)28)9-12-7-8-13(26-2)10-17(12)27-3/h4-10H,1-3H3,(H,22,24,28)/b14-9+. The molecule has 0 spiro atoms. The maximum Gasteiger partial charge on any atom is 0.270 e. The summed E-state index contributed by atoms with van der Waals surface area (Å²) in [6, 6.07) is 10.2. The number of carbonyl (C=O) groups is 2. The highest BCUT2D eigenvalue weighted by Gasteiger charge is 2.35. The van der Waals surface area contributed by atoms with Crippen LogP contribution in [0, 0.1) is 6.92 Å². The van der Waals surface area contributed by atoms with Gasteiger partial charge in [0.1, 0.15) is 17.1 Å². The van der Waals surface area contributed by atoms with Crippen molar-refractivity contribution in [3.63, 3.8) is 0 Å². The first kappa shape index (κ1) is 19.9. The molecule has 0 aromatic heterocycles. The second-order valence-electron chi connectivity index (χ2n) is 5.95. The Bertz CT molecular complexity index is 1020. The molecule has 0 radical (unpaired) electrons. The Morgan fingerprint density at radius 1 is 1.14 bits per heavy atom. The molecule has 1 fully saturated rings. The first-order chi connectivity index (χ1) is 13.4. The van der Waals surface area contributed by atoms with E-state index in [1.165, 1.54) is 25.2 Å². The molecule has 28 heavy (non-hydrogen) atoms. The Hall–Kier alpha value is -2.90. The van der Waals surface area contributed by atoms with Crippen LogP contribution < -0.4 is 19.7 Å². The number of benzene rings is 2. The maximum atomic E-state index is 13.1. The van der Waals surface area contributed by atoms with E-state index in [1.54, 1.807) is 43.3 Å². The van der Waals surface area contributed by atoms with Crippen molar-refractivity contribution in [3.8, 4) is 11.5 Å². The van der Waals surface area contributed by atoms with Crippen molar-refractivity contribution in [2.24, 2.45) is 0 Å². The van der Waals surface area contributed by atoms with Gasteiger partial charge in [-0.3, -0.25) is 19.8 Å². The minimum absolute atomic E-state index is 0.000729. The molecule has 0 saturated carbocycles. The molecule has 1 aliphatic heterocycles. The van der Waals surface area contributed by atoms with Crippen LogP contribution in [0.25, 0.3) is 6.08 Å². The third-order valence-electron chi connectivity index (χ3n) is 4.32. The van der Waals surface area contributed by atoms with E-state index in [0.717, 1.165) is 0 Å². The number of nitrogens with zero attached hydrogens (tertiary/aromatic N) is 1. The molecule has 0 unspecified atom stereocenters. The van der Waals surface area contributed by atoms with Gasteiger partial charge in [0.05, 0.1) is 19.9 Å². The van der Waals surface area contributed by atoms with E-state index in [4.69, 9.17) is 33.3 Å². The van der Waals surface area contributed by atoms with Crippen LogP contribution in [0.3, 0.4) is 0 Å². The second kappa shape index (κ2) is 8.00. The molecule has 6 nitrogen and oxygen atoms in total. The van der Waals surface area contributed by atoms with E-state index in [1.807, 2.05) is 0 Å². The summed E-state index contributed by atoms with van der Waals surface area (Å²) in [5.74, 6) is -0.0670. The summed E-state index contributed by atoms with van der Waals surface area (Å²) in [4.78, 5) is 26.9. The number of halogens is 1. The summed E-state index contributed by atoms with van der Waals surface area (Å²) in [6.07, 6.45) is 1.46. The van der Waals surface area contributed by atoms with Crippen LogP contribution in [0.15, 0.2) is 42.0 Å².